The van der Waals surface area contributed by atoms with Gasteiger partial charge in [0.1, 0.15) is 0 Å². The van der Waals surface area contributed by atoms with E-state index in [9.17, 15) is 4.79 Å². The fraction of sp³-hybridized carbons (Fsp3) is 0.316. The first-order chi connectivity index (χ1) is 13.2. The van der Waals surface area contributed by atoms with Crippen LogP contribution in [-0.4, -0.2) is 40.6 Å². The lowest BCUT2D eigenvalue weighted by atomic mass is 10.1. The van der Waals surface area contributed by atoms with Crippen LogP contribution in [0.15, 0.2) is 39.7 Å². The van der Waals surface area contributed by atoms with E-state index in [1.54, 1.807) is 38.7 Å². The second-order valence-electron chi connectivity index (χ2n) is 6.30. The topological polar surface area (TPSA) is 93.5 Å². The quantitative estimate of drug-likeness (QED) is 0.736. The van der Waals surface area contributed by atoms with E-state index < -0.39 is 0 Å². The van der Waals surface area contributed by atoms with Crippen LogP contribution < -0.4 is 15.0 Å². The Kier molecular flexibility index (Phi) is 4.64. The first-order valence-electron chi connectivity index (χ1n) is 8.64. The average molecular weight is 368 g/mol. The van der Waals surface area contributed by atoms with Gasteiger partial charge in [0.05, 0.1) is 31.7 Å². The van der Waals surface area contributed by atoms with E-state index in [0.717, 1.165) is 17.8 Å². The summed E-state index contributed by atoms with van der Waals surface area (Å²) < 4.78 is 15.8. The number of nitrogens with one attached hydrogen (secondary N) is 1. The minimum absolute atomic E-state index is 0.129. The number of furan rings is 1. The van der Waals surface area contributed by atoms with E-state index in [-0.39, 0.29) is 5.56 Å². The van der Waals surface area contributed by atoms with Crippen LogP contribution in [-0.2, 0) is 19.5 Å². The molecule has 0 radical (unpaired) electrons. The molecule has 1 aliphatic heterocycles. The average Bonchev–Trinajstić information content (AvgIpc) is 3.23. The molecule has 0 saturated heterocycles. The summed E-state index contributed by atoms with van der Waals surface area (Å²) in [4.78, 5) is 26.5. The van der Waals surface area contributed by atoms with E-state index in [1.165, 1.54) is 0 Å². The molecule has 8 nitrogen and oxygen atoms in total. The van der Waals surface area contributed by atoms with Crippen LogP contribution in [0.5, 0.6) is 11.8 Å². The standard InChI is InChI=1S/C19H20N4O4/c1-25-16-6-5-12(19(21-16)26-2)10-23-8-7-14-13(11-23)18(24)22-17(20-14)15-4-3-9-27-15/h3-6,9H,7-8,10-11H2,1-2H3,(H,20,22,24). The van der Waals surface area contributed by atoms with Gasteiger partial charge in [-0.05, 0) is 18.2 Å². The Morgan fingerprint density at radius 1 is 1.22 bits per heavy atom. The number of H-pyrrole nitrogens is 1. The maximum absolute atomic E-state index is 12.6. The molecule has 0 unspecified atom stereocenters. The number of aromatic nitrogens is 3. The van der Waals surface area contributed by atoms with Crippen LogP contribution in [0.4, 0.5) is 0 Å². The molecule has 1 aliphatic rings. The van der Waals surface area contributed by atoms with Crippen LogP contribution in [0.25, 0.3) is 11.6 Å². The van der Waals surface area contributed by atoms with Crippen LogP contribution in [0.3, 0.4) is 0 Å². The number of hydrogen-bond donors (Lipinski definition) is 1. The van der Waals surface area contributed by atoms with Gasteiger partial charge in [0.25, 0.3) is 5.56 Å². The highest BCUT2D eigenvalue weighted by atomic mass is 16.5. The van der Waals surface area contributed by atoms with Gasteiger partial charge in [0, 0.05) is 37.7 Å². The predicted molar refractivity (Wildman–Crippen MR) is 97.7 cm³/mol. The lowest BCUT2D eigenvalue weighted by Crippen LogP contribution is -2.35. The summed E-state index contributed by atoms with van der Waals surface area (Å²) in [5, 5.41) is 0. The van der Waals surface area contributed by atoms with Gasteiger partial charge in [-0.3, -0.25) is 9.69 Å². The predicted octanol–water partition coefficient (Wildman–Crippen LogP) is 2.00. The van der Waals surface area contributed by atoms with Crippen molar-refractivity contribution < 1.29 is 13.9 Å². The molecule has 4 heterocycles. The normalized spacial score (nSPS) is 14.0. The second kappa shape index (κ2) is 7.24. The molecule has 0 bridgehead atoms. The summed E-state index contributed by atoms with van der Waals surface area (Å²) in [7, 11) is 3.15. The zero-order chi connectivity index (χ0) is 18.8. The molecule has 1 N–H and O–H groups in total. The van der Waals surface area contributed by atoms with Crippen LogP contribution >= 0.6 is 0 Å². The van der Waals surface area contributed by atoms with Gasteiger partial charge < -0.3 is 18.9 Å². The summed E-state index contributed by atoms with van der Waals surface area (Å²) in [5.41, 5.74) is 2.33. The molecule has 8 heteroatoms. The smallest absolute Gasteiger partial charge is 0.256 e. The van der Waals surface area contributed by atoms with Crippen molar-refractivity contribution in [2.75, 3.05) is 20.8 Å². The summed E-state index contributed by atoms with van der Waals surface area (Å²) in [5.74, 6) is 2.07. The SMILES string of the molecule is COc1ccc(CN2CCc3nc(-c4ccco4)[nH]c(=O)c3C2)c(OC)n1. The van der Waals surface area contributed by atoms with Crippen molar-refractivity contribution in [3.05, 3.63) is 57.7 Å². The number of rotatable bonds is 5. The Balaban J connectivity index is 1.56. The van der Waals surface area contributed by atoms with Crippen molar-refractivity contribution in [3.63, 3.8) is 0 Å². The van der Waals surface area contributed by atoms with E-state index in [1.807, 2.05) is 6.07 Å². The molecule has 0 spiro atoms. The van der Waals surface area contributed by atoms with Gasteiger partial charge in [-0.2, -0.15) is 4.98 Å². The van der Waals surface area contributed by atoms with Gasteiger partial charge >= 0.3 is 0 Å². The zero-order valence-corrected chi connectivity index (χ0v) is 15.2. The summed E-state index contributed by atoms with van der Waals surface area (Å²) in [6, 6.07) is 7.29. The number of ether oxygens (including phenoxy) is 2. The van der Waals surface area contributed by atoms with Gasteiger partial charge in [-0.15, -0.1) is 0 Å². The molecule has 140 valence electrons. The van der Waals surface area contributed by atoms with Crippen molar-refractivity contribution in [1.82, 2.24) is 19.9 Å². The number of pyridine rings is 1. The van der Waals surface area contributed by atoms with Crippen LogP contribution in [0.2, 0.25) is 0 Å². The van der Waals surface area contributed by atoms with E-state index >= 15 is 0 Å². The highest BCUT2D eigenvalue weighted by Crippen LogP contribution is 2.24. The molecule has 27 heavy (non-hydrogen) atoms. The highest BCUT2D eigenvalue weighted by Gasteiger charge is 2.23. The maximum atomic E-state index is 12.6. The van der Waals surface area contributed by atoms with Crippen molar-refractivity contribution >= 4 is 0 Å². The molecule has 4 rings (SSSR count). The first-order valence-corrected chi connectivity index (χ1v) is 8.64. The molecule has 0 fully saturated rings. The summed E-state index contributed by atoms with van der Waals surface area (Å²) in [6.45, 7) is 1.93. The van der Waals surface area contributed by atoms with Crippen molar-refractivity contribution in [1.29, 1.82) is 0 Å². The van der Waals surface area contributed by atoms with E-state index in [4.69, 9.17) is 13.9 Å². The van der Waals surface area contributed by atoms with Crippen LogP contribution in [0.1, 0.15) is 16.8 Å². The molecular formula is C19H20N4O4. The Labute approximate surface area is 155 Å². The molecule has 0 aliphatic carbocycles. The van der Waals surface area contributed by atoms with Crippen molar-refractivity contribution in [2.45, 2.75) is 19.5 Å². The van der Waals surface area contributed by atoms with Crippen molar-refractivity contribution in [2.24, 2.45) is 0 Å². The minimum Gasteiger partial charge on any atom is -0.481 e. The Bertz CT molecular complexity index is 997. The number of fused-ring (bicyclic) bond motifs is 1. The second-order valence-corrected chi connectivity index (χ2v) is 6.30. The van der Waals surface area contributed by atoms with Gasteiger partial charge in [0.15, 0.2) is 11.6 Å². The Morgan fingerprint density at radius 3 is 2.85 bits per heavy atom. The van der Waals surface area contributed by atoms with E-state index in [0.29, 0.717) is 48.4 Å². The minimum atomic E-state index is -0.129. The fourth-order valence-corrected chi connectivity index (χ4v) is 3.25. The van der Waals surface area contributed by atoms with Gasteiger partial charge in [-0.25, -0.2) is 4.98 Å². The van der Waals surface area contributed by atoms with Crippen molar-refractivity contribution in [3.8, 4) is 23.3 Å². The number of aromatic amines is 1. The van der Waals surface area contributed by atoms with E-state index in [2.05, 4.69) is 19.9 Å². The molecule has 3 aromatic rings. The Morgan fingerprint density at radius 2 is 2.11 bits per heavy atom. The molecular weight excluding hydrogens is 348 g/mol. The lowest BCUT2D eigenvalue weighted by Gasteiger charge is -2.28. The first kappa shape index (κ1) is 17.3. The Hall–Kier alpha value is -3.13. The highest BCUT2D eigenvalue weighted by molar-refractivity contribution is 5.47. The van der Waals surface area contributed by atoms with Gasteiger partial charge in [-0.1, -0.05) is 0 Å². The monoisotopic (exact) mass is 368 g/mol. The zero-order valence-electron chi connectivity index (χ0n) is 15.2. The third-order valence-corrected chi connectivity index (χ3v) is 4.61. The third kappa shape index (κ3) is 3.43. The molecule has 0 atom stereocenters. The molecule has 0 amide bonds. The summed E-state index contributed by atoms with van der Waals surface area (Å²) >= 11 is 0. The summed E-state index contributed by atoms with van der Waals surface area (Å²) in [6.07, 6.45) is 2.26. The number of hydrogen-bond acceptors (Lipinski definition) is 7. The maximum Gasteiger partial charge on any atom is 0.256 e. The molecule has 0 aromatic carbocycles. The van der Waals surface area contributed by atoms with Crippen LogP contribution in [0, 0.1) is 0 Å². The lowest BCUT2D eigenvalue weighted by molar-refractivity contribution is 0.236. The van der Waals surface area contributed by atoms with Gasteiger partial charge in [0.2, 0.25) is 11.8 Å². The third-order valence-electron chi connectivity index (χ3n) is 4.61. The molecule has 3 aromatic heterocycles. The molecule has 0 saturated carbocycles. The largest absolute Gasteiger partial charge is 0.481 e. The number of nitrogens with zero attached hydrogens (tertiary/aromatic N) is 3. The fourth-order valence-electron chi connectivity index (χ4n) is 3.25. The number of methoxy groups -OCH3 is 2.